The first-order valence-corrected chi connectivity index (χ1v) is 11.0. The number of piperidine rings is 1. The number of carbonyl (C=O) groups is 1. The molecule has 1 fully saturated rings. The third-order valence-electron chi connectivity index (χ3n) is 5.91. The molecule has 2 aromatic carbocycles. The molecule has 34 heavy (non-hydrogen) atoms. The summed E-state index contributed by atoms with van der Waals surface area (Å²) in [7, 11) is 2.07. The van der Waals surface area contributed by atoms with Gasteiger partial charge in [-0.3, -0.25) is 4.79 Å². The number of nitrogens with one attached hydrogen (secondary N) is 2. The number of hydrogen-bond acceptors (Lipinski definition) is 6. The molecule has 7 nitrogen and oxygen atoms in total. The predicted molar refractivity (Wildman–Crippen MR) is 125 cm³/mol. The maximum Gasteiger partial charge on any atom is 0.252 e. The predicted octanol–water partition coefficient (Wildman–Crippen LogP) is 4.23. The summed E-state index contributed by atoms with van der Waals surface area (Å²) in [5.74, 6) is -0.991. The molecule has 4 rings (SSSR count). The molecule has 9 heteroatoms. The Balaban J connectivity index is 1.50. The van der Waals surface area contributed by atoms with E-state index >= 15 is 0 Å². The standard InChI is InChI=1S/C25H24F2N6O/c1-33-12-8-16(9-13-33)20-7-6-19(14-21(20)26)31-25-30-15-22(27)23(32-25)17-2-4-18(5-3-17)24(34)29-11-10-28/h2-7,14-16H,8-9,11-13H2,1H3,(H,29,34)(H,30,31,32). The van der Waals surface area contributed by atoms with E-state index < -0.39 is 11.7 Å². The Morgan fingerprint density at radius 1 is 1.15 bits per heavy atom. The van der Waals surface area contributed by atoms with Crippen LogP contribution in [0.25, 0.3) is 11.3 Å². The number of benzene rings is 2. The fourth-order valence-electron chi connectivity index (χ4n) is 4.02. The second-order valence-electron chi connectivity index (χ2n) is 8.25. The number of hydrogen-bond donors (Lipinski definition) is 2. The van der Waals surface area contributed by atoms with E-state index in [0.717, 1.165) is 32.1 Å². The minimum absolute atomic E-state index is 0.0462. The summed E-state index contributed by atoms with van der Waals surface area (Å²) in [6, 6.07) is 13.0. The van der Waals surface area contributed by atoms with Crippen LogP contribution in [0.1, 0.15) is 34.7 Å². The molecule has 3 aromatic rings. The van der Waals surface area contributed by atoms with E-state index in [1.54, 1.807) is 24.3 Å². The van der Waals surface area contributed by atoms with E-state index in [-0.39, 0.29) is 29.9 Å². The molecule has 2 heterocycles. The van der Waals surface area contributed by atoms with Crippen molar-refractivity contribution in [3.8, 4) is 17.3 Å². The summed E-state index contributed by atoms with van der Waals surface area (Å²) >= 11 is 0. The van der Waals surface area contributed by atoms with Crippen LogP contribution < -0.4 is 10.6 Å². The summed E-state index contributed by atoms with van der Waals surface area (Å²) < 4.78 is 29.3. The highest BCUT2D eigenvalue weighted by molar-refractivity contribution is 5.94. The van der Waals surface area contributed by atoms with Crippen molar-refractivity contribution in [1.29, 1.82) is 5.26 Å². The molecule has 1 aliphatic heterocycles. The average Bonchev–Trinajstić information content (AvgIpc) is 2.85. The van der Waals surface area contributed by atoms with Crippen LogP contribution in [0.5, 0.6) is 0 Å². The van der Waals surface area contributed by atoms with E-state index in [0.29, 0.717) is 22.4 Å². The maximum atomic E-state index is 14.8. The van der Waals surface area contributed by atoms with Gasteiger partial charge in [-0.1, -0.05) is 18.2 Å². The van der Waals surface area contributed by atoms with Crippen LogP contribution in [0.2, 0.25) is 0 Å². The van der Waals surface area contributed by atoms with Crippen LogP contribution >= 0.6 is 0 Å². The Morgan fingerprint density at radius 2 is 1.88 bits per heavy atom. The Labute approximate surface area is 196 Å². The number of amides is 1. The van der Waals surface area contributed by atoms with E-state index in [1.807, 2.05) is 6.07 Å². The van der Waals surface area contributed by atoms with Gasteiger partial charge >= 0.3 is 0 Å². The summed E-state index contributed by atoms with van der Waals surface area (Å²) in [5.41, 5.74) is 2.01. The molecule has 0 unspecified atom stereocenters. The fraction of sp³-hybridized carbons (Fsp3) is 0.280. The zero-order valence-electron chi connectivity index (χ0n) is 18.7. The minimum atomic E-state index is -0.629. The zero-order chi connectivity index (χ0) is 24.1. The number of nitriles is 1. The lowest BCUT2D eigenvalue weighted by molar-refractivity contribution is 0.0958. The molecular formula is C25H24F2N6O. The molecule has 0 spiro atoms. The van der Waals surface area contributed by atoms with Crippen molar-refractivity contribution in [3.63, 3.8) is 0 Å². The van der Waals surface area contributed by atoms with Crippen LogP contribution in [-0.4, -0.2) is 47.5 Å². The van der Waals surface area contributed by atoms with Crippen molar-refractivity contribution in [2.45, 2.75) is 18.8 Å². The van der Waals surface area contributed by atoms with Crippen LogP contribution in [0.15, 0.2) is 48.7 Å². The molecule has 0 bridgehead atoms. The molecular weight excluding hydrogens is 438 g/mol. The second kappa shape index (κ2) is 10.4. The lowest BCUT2D eigenvalue weighted by Gasteiger charge is -2.29. The van der Waals surface area contributed by atoms with Crippen LogP contribution in [0.3, 0.4) is 0 Å². The van der Waals surface area contributed by atoms with E-state index in [1.165, 1.54) is 18.2 Å². The molecule has 0 atom stereocenters. The number of carbonyl (C=O) groups excluding carboxylic acids is 1. The van der Waals surface area contributed by atoms with Crippen LogP contribution in [-0.2, 0) is 0 Å². The third kappa shape index (κ3) is 5.35. The first-order valence-electron chi connectivity index (χ1n) is 11.0. The van der Waals surface area contributed by atoms with Gasteiger partial charge in [0.15, 0.2) is 5.82 Å². The topological polar surface area (TPSA) is 93.9 Å². The third-order valence-corrected chi connectivity index (χ3v) is 5.91. The van der Waals surface area contributed by atoms with Crippen molar-refractivity contribution in [3.05, 3.63) is 71.4 Å². The smallest absolute Gasteiger partial charge is 0.252 e. The van der Waals surface area contributed by atoms with Gasteiger partial charge in [0.2, 0.25) is 5.95 Å². The Bertz CT molecular complexity index is 1220. The quantitative estimate of drug-likeness (QED) is 0.533. The van der Waals surface area contributed by atoms with Gasteiger partial charge in [0.05, 0.1) is 12.3 Å². The number of aromatic nitrogens is 2. The summed E-state index contributed by atoms with van der Waals surface area (Å²) in [5, 5.41) is 13.9. The van der Waals surface area contributed by atoms with E-state index in [4.69, 9.17) is 5.26 Å². The van der Waals surface area contributed by atoms with Gasteiger partial charge in [0.1, 0.15) is 18.1 Å². The Kier molecular flexibility index (Phi) is 7.09. The molecule has 1 saturated heterocycles. The van der Waals surface area contributed by atoms with Gasteiger partial charge in [-0.05, 0) is 68.7 Å². The average molecular weight is 463 g/mol. The van der Waals surface area contributed by atoms with Crippen LogP contribution in [0.4, 0.5) is 20.4 Å². The summed E-state index contributed by atoms with van der Waals surface area (Å²) in [6.07, 6.45) is 2.88. The number of rotatable bonds is 6. The first-order chi connectivity index (χ1) is 16.4. The van der Waals surface area contributed by atoms with Gasteiger partial charge in [0.25, 0.3) is 5.91 Å². The monoisotopic (exact) mass is 462 g/mol. The second-order valence-corrected chi connectivity index (χ2v) is 8.25. The van der Waals surface area contributed by atoms with Crippen molar-refractivity contribution in [2.75, 3.05) is 32.0 Å². The van der Waals surface area contributed by atoms with Crippen molar-refractivity contribution in [2.24, 2.45) is 0 Å². The highest BCUT2D eigenvalue weighted by atomic mass is 19.1. The largest absolute Gasteiger partial charge is 0.339 e. The zero-order valence-corrected chi connectivity index (χ0v) is 18.7. The molecule has 1 aromatic heterocycles. The number of likely N-dealkylation sites (tertiary alicyclic amines) is 1. The van der Waals surface area contributed by atoms with Gasteiger partial charge in [-0.25, -0.2) is 18.7 Å². The number of halogens is 2. The van der Waals surface area contributed by atoms with Gasteiger partial charge in [0, 0.05) is 16.8 Å². The Hall–Kier alpha value is -3.90. The van der Waals surface area contributed by atoms with Gasteiger partial charge in [-0.15, -0.1) is 0 Å². The lowest BCUT2D eigenvalue weighted by atomic mass is 9.89. The maximum absolute atomic E-state index is 14.8. The van der Waals surface area contributed by atoms with E-state index in [2.05, 4.69) is 32.5 Å². The molecule has 0 radical (unpaired) electrons. The minimum Gasteiger partial charge on any atom is -0.339 e. The summed E-state index contributed by atoms with van der Waals surface area (Å²) in [4.78, 5) is 22.4. The van der Waals surface area contributed by atoms with Crippen molar-refractivity contribution in [1.82, 2.24) is 20.2 Å². The van der Waals surface area contributed by atoms with Crippen molar-refractivity contribution >= 4 is 17.5 Å². The number of nitrogens with zero attached hydrogens (tertiary/aromatic N) is 4. The normalized spacial score (nSPS) is 14.4. The molecule has 2 N–H and O–H groups in total. The highest BCUT2D eigenvalue weighted by Crippen LogP contribution is 2.31. The van der Waals surface area contributed by atoms with E-state index in [9.17, 15) is 13.6 Å². The molecule has 0 saturated carbocycles. The van der Waals surface area contributed by atoms with Crippen molar-refractivity contribution < 1.29 is 13.6 Å². The first kappa shape index (κ1) is 23.3. The Morgan fingerprint density at radius 3 is 2.56 bits per heavy atom. The lowest BCUT2D eigenvalue weighted by Crippen LogP contribution is -2.29. The molecule has 1 aliphatic rings. The molecule has 0 aliphatic carbocycles. The molecule has 1 amide bonds. The highest BCUT2D eigenvalue weighted by Gasteiger charge is 2.21. The number of anilines is 2. The molecule has 174 valence electrons. The summed E-state index contributed by atoms with van der Waals surface area (Å²) in [6.45, 7) is 1.79. The fourth-order valence-corrected chi connectivity index (χ4v) is 4.02. The van der Waals surface area contributed by atoms with Crippen LogP contribution in [0, 0.1) is 23.0 Å². The van der Waals surface area contributed by atoms with Gasteiger partial charge < -0.3 is 15.5 Å². The van der Waals surface area contributed by atoms with Gasteiger partial charge in [-0.2, -0.15) is 5.26 Å². The SMILES string of the molecule is CN1CCC(c2ccc(Nc3ncc(F)c(-c4ccc(C(=O)NCC#N)cc4)n3)cc2F)CC1.